The van der Waals surface area contributed by atoms with Gasteiger partial charge in [-0.2, -0.15) is 0 Å². The van der Waals surface area contributed by atoms with Crippen molar-refractivity contribution in [2.24, 2.45) is 5.92 Å². The Bertz CT molecular complexity index is 1420. The number of carbonyl (C=O) groups is 3. The molecule has 5 rings (SSSR count). The molecule has 248 valence electrons. The lowest BCUT2D eigenvalue weighted by molar-refractivity contribution is -0.133. The Balaban J connectivity index is 1.25. The second kappa shape index (κ2) is 17.8. The van der Waals surface area contributed by atoms with Gasteiger partial charge in [-0.25, -0.2) is 0 Å². The zero-order valence-corrected chi connectivity index (χ0v) is 27.8. The molecular formula is C39H47ClN4O3. The quantitative estimate of drug-likeness (QED) is 0.188. The fraction of sp³-hybridized carbons (Fsp3) is 0.410. The first-order valence-electron chi connectivity index (χ1n) is 17.1. The summed E-state index contributed by atoms with van der Waals surface area (Å²) in [5, 5.41) is 10.3. The highest BCUT2D eigenvalue weighted by Gasteiger charge is 2.32. The van der Waals surface area contributed by atoms with E-state index in [4.69, 9.17) is 11.6 Å². The van der Waals surface area contributed by atoms with Crippen molar-refractivity contribution in [2.75, 3.05) is 26.2 Å². The van der Waals surface area contributed by atoms with Crippen molar-refractivity contribution in [1.29, 1.82) is 0 Å². The zero-order valence-electron chi connectivity index (χ0n) is 27.1. The van der Waals surface area contributed by atoms with E-state index in [1.807, 2.05) is 53.4 Å². The maximum atomic E-state index is 14.1. The molecule has 2 unspecified atom stereocenters. The second-order valence-corrected chi connectivity index (χ2v) is 13.3. The highest BCUT2D eigenvalue weighted by Crippen LogP contribution is 2.28. The van der Waals surface area contributed by atoms with E-state index in [2.05, 4.69) is 40.2 Å². The SMILES string of the molecule is O=C(/C=C/c1ccc(Cl)cc1)NCC1CCN(CC(c2ccccc2)c2ccccc2)C(=O)C(CCNC(=O)CC2CCCCC2)N1. The Labute approximate surface area is 284 Å². The number of carbonyl (C=O) groups excluding carboxylic acids is 3. The van der Waals surface area contributed by atoms with Crippen molar-refractivity contribution in [3.8, 4) is 0 Å². The molecule has 0 radical (unpaired) electrons. The Kier molecular flexibility index (Phi) is 13.0. The molecule has 2 atom stereocenters. The minimum atomic E-state index is -0.480. The average molecular weight is 655 g/mol. The number of hydrogen-bond donors (Lipinski definition) is 3. The molecule has 1 saturated carbocycles. The lowest BCUT2D eigenvalue weighted by Gasteiger charge is -2.29. The van der Waals surface area contributed by atoms with Crippen LogP contribution in [-0.4, -0.2) is 60.9 Å². The zero-order chi connectivity index (χ0) is 32.8. The normalized spacial score (nSPS) is 19.1. The summed E-state index contributed by atoms with van der Waals surface area (Å²) < 4.78 is 0. The smallest absolute Gasteiger partial charge is 0.244 e. The first kappa shape index (κ1) is 34.4. The minimum Gasteiger partial charge on any atom is -0.356 e. The number of rotatable bonds is 13. The molecule has 2 aliphatic rings. The molecule has 0 spiro atoms. The standard InChI is InChI=1S/C39H47ClN4O3/c40-33-19-16-29(17-20-33)18-21-37(45)42-27-34-23-25-44(28-35(31-12-6-2-7-13-31)32-14-8-3-9-15-32)39(47)36(43-34)22-24-41-38(46)26-30-10-4-1-5-11-30/h2-3,6-9,12-21,30,34-36,43H,1,4-5,10-11,22-28H2,(H,41,46)(H,42,45)/b21-18+. The van der Waals surface area contributed by atoms with E-state index >= 15 is 0 Å². The number of nitrogens with one attached hydrogen (secondary N) is 3. The molecule has 7 nitrogen and oxygen atoms in total. The van der Waals surface area contributed by atoms with Crippen LogP contribution < -0.4 is 16.0 Å². The average Bonchev–Trinajstić information content (AvgIpc) is 3.25. The number of hydrogen-bond acceptors (Lipinski definition) is 4. The van der Waals surface area contributed by atoms with Crippen LogP contribution >= 0.6 is 11.6 Å². The molecule has 3 amide bonds. The van der Waals surface area contributed by atoms with Gasteiger partial charge < -0.3 is 20.9 Å². The number of nitrogens with zero attached hydrogens (tertiary/aromatic N) is 1. The fourth-order valence-electron chi connectivity index (χ4n) is 6.73. The van der Waals surface area contributed by atoms with Gasteiger partial charge in [0.1, 0.15) is 0 Å². The van der Waals surface area contributed by atoms with E-state index in [0.717, 1.165) is 29.5 Å². The molecule has 0 bridgehead atoms. The first-order chi connectivity index (χ1) is 22.9. The van der Waals surface area contributed by atoms with Crippen LogP contribution in [0.2, 0.25) is 5.02 Å². The maximum Gasteiger partial charge on any atom is 0.244 e. The van der Waals surface area contributed by atoms with E-state index in [0.29, 0.717) is 56.4 Å². The number of halogens is 1. The molecule has 1 aliphatic carbocycles. The summed E-state index contributed by atoms with van der Waals surface area (Å²) in [4.78, 5) is 41.6. The third kappa shape index (κ3) is 10.8. The molecule has 1 heterocycles. The summed E-state index contributed by atoms with van der Waals surface area (Å²) in [6.45, 7) is 1.92. The highest BCUT2D eigenvalue weighted by atomic mass is 35.5. The van der Waals surface area contributed by atoms with E-state index in [9.17, 15) is 14.4 Å². The molecule has 2 fully saturated rings. The Morgan fingerprint density at radius 2 is 1.53 bits per heavy atom. The van der Waals surface area contributed by atoms with Crippen LogP contribution in [0.15, 0.2) is 91.0 Å². The molecule has 3 aromatic rings. The van der Waals surface area contributed by atoms with Crippen LogP contribution in [0, 0.1) is 5.92 Å². The lowest BCUT2D eigenvalue weighted by Crippen LogP contribution is -2.50. The van der Waals surface area contributed by atoms with Gasteiger partial charge in [-0.3, -0.25) is 14.4 Å². The number of benzene rings is 3. The summed E-state index contributed by atoms with van der Waals surface area (Å²) in [5.41, 5.74) is 3.20. The Morgan fingerprint density at radius 1 is 0.872 bits per heavy atom. The maximum absolute atomic E-state index is 14.1. The molecular weight excluding hydrogens is 608 g/mol. The Hall–Kier alpha value is -3.94. The summed E-state index contributed by atoms with van der Waals surface area (Å²) >= 11 is 5.97. The summed E-state index contributed by atoms with van der Waals surface area (Å²) in [6, 6.07) is 27.3. The van der Waals surface area contributed by atoms with Crippen molar-refractivity contribution >= 4 is 35.4 Å². The fourth-order valence-corrected chi connectivity index (χ4v) is 6.86. The lowest BCUT2D eigenvalue weighted by atomic mass is 9.87. The summed E-state index contributed by atoms with van der Waals surface area (Å²) in [7, 11) is 0. The third-order valence-corrected chi connectivity index (χ3v) is 9.63. The van der Waals surface area contributed by atoms with Crippen molar-refractivity contribution < 1.29 is 14.4 Å². The highest BCUT2D eigenvalue weighted by molar-refractivity contribution is 6.30. The van der Waals surface area contributed by atoms with Crippen LogP contribution in [-0.2, 0) is 14.4 Å². The van der Waals surface area contributed by atoms with Gasteiger partial charge in [0.15, 0.2) is 0 Å². The molecule has 1 saturated heterocycles. The van der Waals surface area contributed by atoms with Gasteiger partial charge in [0.25, 0.3) is 0 Å². The molecule has 8 heteroatoms. The molecule has 3 aromatic carbocycles. The van der Waals surface area contributed by atoms with Gasteiger partial charge in [-0.05, 0) is 66.5 Å². The summed E-state index contributed by atoms with van der Waals surface area (Å²) in [6.07, 6.45) is 10.9. The Morgan fingerprint density at radius 3 is 2.19 bits per heavy atom. The first-order valence-corrected chi connectivity index (χ1v) is 17.5. The van der Waals surface area contributed by atoms with Gasteiger partial charge in [0.05, 0.1) is 6.04 Å². The van der Waals surface area contributed by atoms with Gasteiger partial charge in [-0.15, -0.1) is 0 Å². The second-order valence-electron chi connectivity index (χ2n) is 12.8. The molecule has 0 aromatic heterocycles. The minimum absolute atomic E-state index is 0.0199. The van der Waals surface area contributed by atoms with E-state index in [-0.39, 0.29) is 29.7 Å². The van der Waals surface area contributed by atoms with E-state index in [1.54, 1.807) is 18.2 Å². The predicted octanol–water partition coefficient (Wildman–Crippen LogP) is 6.34. The monoisotopic (exact) mass is 654 g/mol. The topological polar surface area (TPSA) is 90.5 Å². The van der Waals surface area contributed by atoms with Gasteiger partial charge >= 0.3 is 0 Å². The van der Waals surface area contributed by atoms with Crippen LogP contribution in [0.4, 0.5) is 0 Å². The number of amides is 3. The van der Waals surface area contributed by atoms with Crippen molar-refractivity contribution in [2.45, 2.75) is 69.4 Å². The summed E-state index contributed by atoms with van der Waals surface area (Å²) in [5.74, 6) is 0.381. The van der Waals surface area contributed by atoms with Gasteiger partial charge in [-0.1, -0.05) is 104 Å². The van der Waals surface area contributed by atoms with Gasteiger partial charge in [0.2, 0.25) is 17.7 Å². The van der Waals surface area contributed by atoms with Crippen molar-refractivity contribution in [1.82, 2.24) is 20.9 Å². The van der Waals surface area contributed by atoms with Crippen LogP contribution in [0.5, 0.6) is 0 Å². The largest absolute Gasteiger partial charge is 0.356 e. The molecule has 47 heavy (non-hydrogen) atoms. The third-order valence-electron chi connectivity index (χ3n) is 9.37. The van der Waals surface area contributed by atoms with Crippen molar-refractivity contribution in [3.63, 3.8) is 0 Å². The van der Waals surface area contributed by atoms with E-state index in [1.165, 1.54) is 25.3 Å². The van der Waals surface area contributed by atoms with Gasteiger partial charge in [0, 0.05) is 55.7 Å². The van der Waals surface area contributed by atoms with E-state index < -0.39 is 6.04 Å². The van der Waals surface area contributed by atoms with Crippen LogP contribution in [0.3, 0.4) is 0 Å². The van der Waals surface area contributed by atoms with Crippen molar-refractivity contribution in [3.05, 3.63) is 113 Å². The predicted molar refractivity (Wildman–Crippen MR) is 189 cm³/mol. The molecule has 3 N–H and O–H groups in total. The van der Waals surface area contributed by atoms with Crippen LogP contribution in [0.25, 0.3) is 6.08 Å². The van der Waals surface area contributed by atoms with Crippen LogP contribution in [0.1, 0.15) is 74.0 Å². The molecule has 1 aliphatic heterocycles.